The predicted molar refractivity (Wildman–Crippen MR) is 62.3 cm³/mol. The Morgan fingerprint density at radius 2 is 2.20 bits per heavy atom. The first-order chi connectivity index (χ1) is 7.24. The number of benzene rings is 1. The van der Waals surface area contributed by atoms with Crippen molar-refractivity contribution in [2.45, 2.75) is 6.92 Å². The van der Waals surface area contributed by atoms with Gasteiger partial charge in [-0.1, -0.05) is 22.0 Å². The number of hydrogen-bond acceptors (Lipinski definition) is 3. The largest absolute Gasteiger partial charge is 0.493 e. The van der Waals surface area contributed by atoms with Crippen LogP contribution in [0.15, 0.2) is 18.2 Å². The molecule has 0 heterocycles. The molecule has 0 fully saturated rings. The standard InChI is InChI=1S/C11H13BrO3/c1-3-15-11-8(9(13)7-12)5-4-6-10(11)14-2/h4-6H,3,7H2,1-2H3. The van der Waals surface area contributed by atoms with Gasteiger partial charge in [0.1, 0.15) is 0 Å². The van der Waals surface area contributed by atoms with Crippen molar-refractivity contribution in [1.29, 1.82) is 0 Å². The van der Waals surface area contributed by atoms with Crippen LogP contribution in [0.1, 0.15) is 17.3 Å². The summed E-state index contributed by atoms with van der Waals surface area (Å²) in [5, 5.41) is 0.278. The molecular weight excluding hydrogens is 260 g/mol. The fourth-order valence-corrected chi connectivity index (χ4v) is 1.56. The molecule has 82 valence electrons. The summed E-state index contributed by atoms with van der Waals surface area (Å²) in [4.78, 5) is 11.6. The highest BCUT2D eigenvalue weighted by atomic mass is 79.9. The van der Waals surface area contributed by atoms with Gasteiger partial charge in [-0.25, -0.2) is 0 Å². The Labute approximate surface area is 97.5 Å². The second kappa shape index (κ2) is 5.75. The summed E-state index contributed by atoms with van der Waals surface area (Å²) in [6, 6.07) is 5.28. The number of methoxy groups -OCH3 is 1. The fourth-order valence-electron chi connectivity index (χ4n) is 1.26. The number of ketones is 1. The molecule has 1 rings (SSSR count). The number of para-hydroxylation sites is 1. The molecule has 15 heavy (non-hydrogen) atoms. The number of Topliss-reactive ketones (excluding diaryl/α,β-unsaturated/α-hetero) is 1. The maximum absolute atomic E-state index is 11.6. The van der Waals surface area contributed by atoms with Crippen LogP contribution in [0.25, 0.3) is 0 Å². The molecule has 0 spiro atoms. The summed E-state index contributed by atoms with van der Waals surface area (Å²) >= 11 is 3.14. The van der Waals surface area contributed by atoms with Crippen molar-refractivity contribution in [3.8, 4) is 11.5 Å². The van der Waals surface area contributed by atoms with Gasteiger partial charge in [0.05, 0.1) is 24.6 Å². The van der Waals surface area contributed by atoms with Gasteiger partial charge in [0.25, 0.3) is 0 Å². The number of rotatable bonds is 5. The number of carbonyl (C=O) groups excluding carboxylic acids is 1. The number of alkyl halides is 1. The van der Waals surface area contributed by atoms with Gasteiger partial charge >= 0.3 is 0 Å². The van der Waals surface area contributed by atoms with Gasteiger partial charge in [0.2, 0.25) is 0 Å². The maximum Gasteiger partial charge on any atom is 0.177 e. The summed E-state index contributed by atoms with van der Waals surface area (Å²) in [6.45, 7) is 2.37. The van der Waals surface area contributed by atoms with Crippen molar-refractivity contribution in [1.82, 2.24) is 0 Å². The molecule has 0 saturated carbocycles. The monoisotopic (exact) mass is 272 g/mol. The van der Waals surface area contributed by atoms with E-state index in [0.717, 1.165) is 0 Å². The highest BCUT2D eigenvalue weighted by Crippen LogP contribution is 2.31. The Morgan fingerprint density at radius 1 is 1.47 bits per heavy atom. The van der Waals surface area contributed by atoms with Gasteiger partial charge in [-0.3, -0.25) is 4.79 Å². The van der Waals surface area contributed by atoms with E-state index in [0.29, 0.717) is 23.7 Å². The van der Waals surface area contributed by atoms with E-state index in [-0.39, 0.29) is 11.1 Å². The third-order valence-electron chi connectivity index (χ3n) is 1.91. The molecule has 1 aromatic rings. The molecule has 0 unspecified atom stereocenters. The average molecular weight is 273 g/mol. The smallest absolute Gasteiger partial charge is 0.177 e. The Hall–Kier alpha value is -1.03. The SMILES string of the molecule is CCOc1c(OC)cccc1C(=O)CBr. The third-order valence-corrected chi connectivity index (χ3v) is 2.42. The quantitative estimate of drug-likeness (QED) is 0.611. The van der Waals surface area contributed by atoms with Crippen molar-refractivity contribution in [2.75, 3.05) is 19.0 Å². The zero-order chi connectivity index (χ0) is 11.3. The summed E-state index contributed by atoms with van der Waals surface area (Å²) in [5.74, 6) is 1.09. The van der Waals surface area contributed by atoms with Gasteiger partial charge in [0, 0.05) is 0 Å². The molecule has 0 aliphatic carbocycles. The lowest BCUT2D eigenvalue weighted by molar-refractivity contribution is 0.101. The Balaban J connectivity index is 3.18. The molecule has 0 atom stereocenters. The lowest BCUT2D eigenvalue weighted by atomic mass is 10.1. The molecule has 0 amide bonds. The fraction of sp³-hybridized carbons (Fsp3) is 0.364. The lowest BCUT2D eigenvalue weighted by Gasteiger charge is -2.12. The second-order valence-electron chi connectivity index (χ2n) is 2.83. The summed E-state index contributed by atoms with van der Waals surface area (Å²) in [6.07, 6.45) is 0. The first-order valence-electron chi connectivity index (χ1n) is 4.63. The third kappa shape index (κ3) is 2.72. The molecule has 0 aliphatic heterocycles. The van der Waals surface area contributed by atoms with E-state index in [1.165, 1.54) is 0 Å². The minimum absolute atomic E-state index is 0.0163. The van der Waals surface area contributed by atoms with E-state index in [1.54, 1.807) is 25.3 Å². The summed E-state index contributed by atoms with van der Waals surface area (Å²) in [5.41, 5.74) is 0.549. The highest BCUT2D eigenvalue weighted by molar-refractivity contribution is 9.09. The lowest BCUT2D eigenvalue weighted by Crippen LogP contribution is -2.06. The molecular formula is C11H13BrO3. The van der Waals surface area contributed by atoms with Crippen LogP contribution in [0.2, 0.25) is 0 Å². The zero-order valence-electron chi connectivity index (χ0n) is 8.75. The molecule has 0 aromatic heterocycles. The van der Waals surface area contributed by atoms with Gasteiger partial charge in [-0.05, 0) is 19.1 Å². The van der Waals surface area contributed by atoms with Crippen molar-refractivity contribution in [3.63, 3.8) is 0 Å². The normalized spacial score (nSPS) is 9.80. The van der Waals surface area contributed by atoms with Crippen LogP contribution in [0.5, 0.6) is 11.5 Å². The van der Waals surface area contributed by atoms with Crippen molar-refractivity contribution >= 4 is 21.7 Å². The zero-order valence-corrected chi connectivity index (χ0v) is 10.3. The molecule has 0 aliphatic rings. The first kappa shape index (κ1) is 12.0. The molecule has 1 aromatic carbocycles. The average Bonchev–Trinajstić information content (AvgIpc) is 2.28. The summed E-state index contributed by atoms with van der Waals surface area (Å²) in [7, 11) is 1.56. The Bertz CT molecular complexity index is 350. The molecule has 0 radical (unpaired) electrons. The van der Waals surface area contributed by atoms with Crippen LogP contribution in [0, 0.1) is 0 Å². The predicted octanol–water partition coefficient (Wildman–Crippen LogP) is 2.67. The number of halogens is 1. The van der Waals surface area contributed by atoms with Gasteiger partial charge in [-0.15, -0.1) is 0 Å². The second-order valence-corrected chi connectivity index (χ2v) is 3.39. The van der Waals surface area contributed by atoms with E-state index in [4.69, 9.17) is 9.47 Å². The molecule has 0 N–H and O–H groups in total. The van der Waals surface area contributed by atoms with Crippen molar-refractivity contribution in [3.05, 3.63) is 23.8 Å². The number of hydrogen-bond donors (Lipinski definition) is 0. The van der Waals surface area contributed by atoms with Crippen LogP contribution in [-0.4, -0.2) is 24.8 Å². The molecule has 0 bridgehead atoms. The minimum Gasteiger partial charge on any atom is -0.493 e. The Morgan fingerprint density at radius 3 is 2.73 bits per heavy atom. The molecule has 3 nitrogen and oxygen atoms in total. The van der Waals surface area contributed by atoms with Gasteiger partial charge in [0.15, 0.2) is 17.3 Å². The van der Waals surface area contributed by atoms with E-state index in [2.05, 4.69) is 15.9 Å². The van der Waals surface area contributed by atoms with E-state index in [9.17, 15) is 4.79 Å². The van der Waals surface area contributed by atoms with Crippen LogP contribution in [0.3, 0.4) is 0 Å². The van der Waals surface area contributed by atoms with Crippen LogP contribution >= 0.6 is 15.9 Å². The van der Waals surface area contributed by atoms with Crippen molar-refractivity contribution < 1.29 is 14.3 Å². The minimum atomic E-state index is -0.0163. The summed E-state index contributed by atoms with van der Waals surface area (Å²) < 4.78 is 10.6. The van der Waals surface area contributed by atoms with Crippen molar-refractivity contribution in [2.24, 2.45) is 0 Å². The van der Waals surface area contributed by atoms with Crippen LogP contribution < -0.4 is 9.47 Å². The first-order valence-corrected chi connectivity index (χ1v) is 5.75. The number of carbonyl (C=O) groups is 1. The van der Waals surface area contributed by atoms with Gasteiger partial charge in [-0.2, -0.15) is 0 Å². The topological polar surface area (TPSA) is 35.5 Å². The van der Waals surface area contributed by atoms with E-state index in [1.807, 2.05) is 6.92 Å². The molecule has 0 saturated heterocycles. The van der Waals surface area contributed by atoms with Crippen LogP contribution in [0.4, 0.5) is 0 Å². The van der Waals surface area contributed by atoms with Gasteiger partial charge < -0.3 is 9.47 Å². The Kier molecular flexibility index (Phi) is 4.62. The molecule has 4 heteroatoms. The highest BCUT2D eigenvalue weighted by Gasteiger charge is 2.15. The maximum atomic E-state index is 11.6. The number of ether oxygens (including phenoxy) is 2. The van der Waals surface area contributed by atoms with Crippen LogP contribution in [-0.2, 0) is 0 Å². The van der Waals surface area contributed by atoms with E-state index < -0.39 is 0 Å². The van der Waals surface area contributed by atoms with E-state index >= 15 is 0 Å².